The van der Waals surface area contributed by atoms with Crippen LogP contribution in [-0.4, -0.2) is 92.4 Å². The van der Waals surface area contributed by atoms with Crippen LogP contribution in [0.25, 0.3) is 11.4 Å². The van der Waals surface area contributed by atoms with Crippen LogP contribution in [0.2, 0.25) is 0 Å². The SMILES string of the molecule is Cc1cnc(-c2ccc(N3CCN(C)CC3)cc2)nc1NCCCN(C)C1CCOCC1. The summed E-state index contributed by atoms with van der Waals surface area (Å²) in [5.41, 5.74) is 3.42. The van der Waals surface area contributed by atoms with Crippen molar-refractivity contribution in [3.05, 3.63) is 36.0 Å². The zero-order chi connectivity index (χ0) is 22.3. The van der Waals surface area contributed by atoms with Crippen molar-refractivity contribution in [3.8, 4) is 11.4 Å². The van der Waals surface area contributed by atoms with Crippen LogP contribution in [0, 0.1) is 6.92 Å². The molecule has 1 N–H and O–H groups in total. The minimum Gasteiger partial charge on any atom is -0.381 e. The summed E-state index contributed by atoms with van der Waals surface area (Å²) in [4.78, 5) is 16.7. The molecule has 0 bridgehead atoms. The molecule has 2 fully saturated rings. The van der Waals surface area contributed by atoms with E-state index in [0.29, 0.717) is 6.04 Å². The highest BCUT2D eigenvalue weighted by atomic mass is 16.5. The lowest BCUT2D eigenvalue weighted by Gasteiger charge is -2.34. The normalized spacial score (nSPS) is 18.3. The number of likely N-dealkylation sites (N-methyl/N-ethyl adjacent to an activating group) is 1. The van der Waals surface area contributed by atoms with Gasteiger partial charge in [0.15, 0.2) is 5.82 Å². The van der Waals surface area contributed by atoms with Gasteiger partial charge in [0.2, 0.25) is 0 Å². The molecule has 2 aliphatic rings. The summed E-state index contributed by atoms with van der Waals surface area (Å²) in [7, 11) is 4.42. The van der Waals surface area contributed by atoms with Crippen molar-refractivity contribution in [2.75, 3.05) is 76.8 Å². The first-order valence-corrected chi connectivity index (χ1v) is 12.0. The lowest BCUT2D eigenvalue weighted by atomic mass is 10.1. The third-order valence-corrected chi connectivity index (χ3v) is 6.76. The maximum absolute atomic E-state index is 5.48. The molecule has 0 aliphatic carbocycles. The first-order chi connectivity index (χ1) is 15.6. The van der Waals surface area contributed by atoms with E-state index in [9.17, 15) is 0 Å². The second-order valence-corrected chi connectivity index (χ2v) is 9.17. The molecule has 2 aliphatic heterocycles. The molecule has 2 aromatic rings. The molecular formula is C25H38N6O. The number of nitrogens with one attached hydrogen (secondary N) is 1. The average Bonchev–Trinajstić information content (AvgIpc) is 2.84. The van der Waals surface area contributed by atoms with Crippen molar-refractivity contribution < 1.29 is 4.74 Å². The van der Waals surface area contributed by atoms with Crippen molar-refractivity contribution in [2.45, 2.75) is 32.2 Å². The molecule has 0 unspecified atom stereocenters. The maximum Gasteiger partial charge on any atom is 0.161 e. The summed E-state index contributed by atoms with van der Waals surface area (Å²) in [6, 6.07) is 9.34. The van der Waals surface area contributed by atoms with Gasteiger partial charge in [-0.15, -0.1) is 0 Å². The number of nitrogens with zero attached hydrogens (tertiary/aromatic N) is 5. The zero-order valence-corrected chi connectivity index (χ0v) is 19.9. The molecule has 0 saturated carbocycles. The first kappa shape index (κ1) is 23.0. The number of piperazine rings is 1. The molecule has 7 heteroatoms. The van der Waals surface area contributed by atoms with Crippen LogP contribution < -0.4 is 10.2 Å². The van der Waals surface area contributed by atoms with E-state index in [4.69, 9.17) is 9.72 Å². The van der Waals surface area contributed by atoms with Crippen LogP contribution in [0.4, 0.5) is 11.5 Å². The molecule has 2 saturated heterocycles. The van der Waals surface area contributed by atoms with Gasteiger partial charge in [-0.2, -0.15) is 0 Å². The predicted octanol–water partition coefficient (Wildman–Crippen LogP) is 3.12. The van der Waals surface area contributed by atoms with Gasteiger partial charge in [-0.3, -0.25) is 0 Å². The lowest BCUT2D eigenvalue weighted by Crippen LogP contribution is -2.44. The molecule has 0 spiro atoms. The second-order valence-electron chi connectivity index (χ2n) is 9.17. The molecule has 3 heterocycles. The molecule has 1 aromatic heterocycles. The highest BCUT2D eigenvalue weighted by Crippen LogP contribution is 2.23. The van der Waals surface area contributed by atoms with Crippen LogP contribution in [0.15, 0.2) is 30.5 Å². The zero-order valence-electron chi connectivity index (χ0n) is 19.9. The van der Waals surface area contributed by atoms with Crippen LogP contribution in [-0.2, 0) is 4.74 Å². The minimum absolute atomic E-state index is 0.657. The van der Waals surface area contributed by atoms with Crippen LogP contribution >= 0.6 is 0 Å². The Kier molecular flexibility index (Phi) is 7.95. The Balaban J connectivity index is 1.31. The van der Waals surface area contributed by atoms with Gasteiger partial charge >= 0.3 is 0 Å². The van der Waals surface area contributed by atoms with Gasteiger partial charge < -0.3 is 24.8 Å². The minimum atomic E-state index is 0.657. The lowest BCUT2D eigenvalue weighted by molar-refractivity contribution is 0.0430. The Morgan fingerprint density at radius 2 is 1.81 bits per heavy atom. The van der Waals surface area contributed by atoms with E-state index in [0.717, 1.165) is 94.5 Å². The number of benzene rings is 1. The Morgan fingerprint density at radius 1 is 1.09 bits per heavy atom. The van der Waals surface area contributed by atoms with E-state index in [-0.39, 0.29) is 0 Å². The standard InChI is InChI=1S/C25H38N6O/c1-20-19-27-25(21-5-7-23(8-6-21)31-15-13-29(2)14-16-31)28-24(20)26-11-4-12-30(3)22-9-17-32-18-10-22/h5-8,19,22H,4,9-18H2,1-3H3,(H,26,27,28). The van der Waals surface area contributed by atoms with Gasteiger partial charge in [0.05, 0.1) is 0 Å². The maximum atomic E-state index is 5.48. The van der Waals surface area contributed by atoms with Crippen molar-refractivity contribution in [1.82, 2.24) is 19.8 Å². The first-order valence-electron chi connectivity index (χ1n) is 12.0. The largest absolute Gasteiger partial charge is 0.381 e. The summed E-state index contributed by atoms with van der Waals surface area (Å²) < 4.78 is 5.48. The summed E-state index contributed by atoms with van der Waals surface area (Å²) in [6.07, 6.45) is 5.30. The van der Waals surface area contributed by atoms with E-state index in [1.165, 1.54) is 5.69 Å². The molecule has 0 amide bonds. The van der Waals surface area contributed by atoms with E-state index in [1.807, 2.05) is 6.20 Å². The van der Waals surface area contributed by atoms with Crippen molar-refractivity contribution >= 4 is 11.5 Å². The highest BCUT2D eigenvalue weighted by molar-refractivity contribution is 5.62. The number of aromatic nitrogens is 2. The molecule has 0 radical (unpaired) electrons. The Morgan fingerprint density at radius 3 is 2.53 bits per heavy atom. The second kappa shape index (κ2) is 11.1. The summed E-state index contributed by atoms with van der Waals surface area (Å²) in [6.45, 7) is 10.2. The van der Waals surface area contributed by atoms with Crippen LogP contribution in [0.1, 0.15) is 24.8 Å². The predicted molar refractivity (Wildman–Crippen MR) is 131 cm³/mol. The van der Waals surface area contributed by atoms with Gasteiger partial charge in [0.25, 0.3) is 0 Å². The van der Waals surface area contributed by atoms with Gasteiger partial charge in [-0.05, 0) is 71.1 Å². The Bertz CT molecular complexity index is 844. The number of aryl methyl sites for hydroxylation is 1. The molecule has 7 nitrogen and oxygen atoms in total. The van der Waals surface area contributed by atoms with Crippen molar-refractivity contribution in [3.63, 3.8) is 0 Å². The fraction of sp³-hybridized carbons (Fsp3) is 0.600. The quantitative estimate of drug-likeness (QED) is 0.636. The van der Waals surface area contributed by atoms with Gasteiger partial charge in [0, 0.05) is 75.0 Å². The highest BCUT2D eigenvalue weighted by Gasteiger charge is 2.18. The monoisotopic (exact) mass is 438 g/mol. The van der Waals surface area contributed by atoms with E-state index >= 15 is 0 Å². The smallest absolute Gasteiger partial charge is 0.161 e. The number of hydrogen-bond acceptors (Lipinski definition) is 7. The number of ether oxygens (including phenoxy) is 1. The van der Waals surface area contributed by atoms with Gasteiger partial charge in [-0.25, -0.2) is 9.97 Å². The third-order valence-electron chi connectivity index (χ3n) is 6.76. The summed E-state index contributed by atoms with van der Waals surface area (Å²) in [5.74, 6) is 1.72. The molecular weight excluding hydrogens is 400 g/mol. The molecule has 0 atom stereocenters. The average molecular weight is 439 g/mol. The molecule has 174 valence electrons. The Labute approximate surface area is 192 Å². The molecule has 32 heavy (non-hydrogen) atoms. The van der Waals surface area contributed by atoms with E-state index in [2.05, 4.69) is 70.3 Å². The van der Waals surface area contributed by atoms with E-state index in [1.54, 1.807) is 0 Å². The van der Waals surface area contributed by atoms with Crippen molar-refractivity contribution in [1.29, 1.82) is 0 Å². The third kappa shape index (κ3) is 5.97. The summed E-state index contributed by atoms with van der Waals surface area (Å²) >= 11 is 0. The Hall–Kier alpha value is -2.22. The number of anilines is 2. The van der Waals surface area contributed by atoms with Crippen molar-refractivity contribution in [2.24, 2.45) is 0 Å². The van der Waals surface area contributed by atoms with Crippen LogP contribution in [0.5, 0.6) is 0 Å². The molecule has 4 rings (SSSR count). The summed E-state index contributed by atoms with van der Waals surface area (Å²) in [5, 5.41) is 3.53. The topological polar surface area (TPSA) is 56.8 Å². The number of hydrogen-bond donors (Lipinski definition) is 1. The fourth-order valence-electron chi connectivity index (χ4n) is 4.49. The number of rotatable bonds is 8. The van der Waals surface area contributed by atoms with Crippen LogP contribution in [0.3, 0.4) is 0 Å². The van der Waals surface area contributed by atoms with Gasteiger partial charge in [0.1, 0.15) is 5.82 Å². The van der Waals surface area contributed by atoms with E-state index < -0.39 is 0 Å². The fourth-order valence-corrected chi connectivity index (χ4v) is 4.49. The molecule has 1 aromatic carbocycles. The van der Waals surface area contributed by atoms with Gasteiger partial charge in [-0.1, -0.05) is 0 Å².